The van der Waals surface area contributed by atoms with Crippen LogP contribution in [-0.2, 0) is 0 Å². The van der Waals surface area contributed by atoms with Crippen molar-refractivity contribution in [3.05, 3.63) is 77.9 Å². The molecule has 1 amide bonds. The molecular weight excluding hydrogens is 331 g/mol. The van der Waals surface area contributed by atoms with Crippen LogP contribution in [0.4, 0.5) is 21.7 Å². The third-order valence-electron chi connectivity index (χ3n) is 3.87. The van der Waals surface area contributed by atoms with E-state index in [-0.39, 0.29) is 17.5 Å². The van der Waals surface area contributed by atoms with Crippen LogP contribution in [0.1, 0.15) is 35.7 Å². The maximum atomic E-state index is 13.6. The Kier molecular flexibility index (Phi) is 5.22. The van der Waals surface area contributed by atoms with Gasteiger partial charge in [-0.25, -0.2) is 14.4 Å². The molecule has 5 nitrogen and oxygen atoms in total. The molecule has 6 heteroatoms. The Morgan fingerprint density at radius 2 is 1.65 bits per heavy atom. The van der Waals surface area contributed by atoms with Gasteiger partial charge in [-0.2, -0.15) is 0 Å². The van der Waals surface area contributed by atoms with Gasteiger partial charge < -0.3 is 10.6 Å². The Morgan fingerprint density at radius 1 is 1.00 bits per heavy atom. The summed E-state index contributed by atoms with van der Waals surface area (Å²) in [6, 6.07) is 13.9. The number of anilines is 3. The number of carbonyl (C=O) groups is 1. The van der Waals surface area contributed by atoms with E-state index < -0.39 is 5.82 Å². The average molecular weight is 350 g/mol. The molecule has 0 spiro atoms. The Bertz CT molecular complexity index is 892. The molecule has 1 heterocycles. The minimum absolute atomic E-state index is 0.216. The lowest BCUT2D eigenvalue weighted by Gasteiger charge is -2.09. The molecular formula is C20H19FN4O. The van der Waals surface area contributed by atoms with Crippen LogP contribution in [0.25, 0.3) is 0 Å². The minimum atomic E-state index is -0.400. The van der Waals surface area contributed by atoms with Crippen molar-refractivity contribution in [2.45, 2.75) is 19.8 Å². The summed E-state index contributed by atoms with van der Waals surface area (Å²) in [4.78, 5) is 20.4. The summed E-state index contributed by atoms with van der Waals surface area (Å²) >= 11 is 0. The van der Waals surface area contributed by atoms with Gasteiger partial charge in [-0.05, 0) is 35.7 Å². The van der Waals surface area contributed by atoms with Crippen LogP contribution in [-0.4, -0.2) is 15.9 Å². The van der Waals surface area contributed by atoms with Crippen molar-refractivity contribution < 1.29 is 9.18 Å². The van der Waals surface area contributed by atoms with E-state index in [2.05, 4.69) is 34.4 Å². The first-order chi connectivity index (χ1) is 12.5. The molecule has 0 aliphatic carbocycles. The van der Waals surface area contributed by atoms with Crippen molar-refractivity contribution in [3.8, 4) is 0 Å². The molecule has 26 heavy (non-hydrogen) atoms. The fourth-order valence-electron chi connectivity index (χ4n) is 2.35. The number of benzene rings is 2. The zero-order valence-corrected chi connectivity index (χ0v) is 14.5. The van der Waals surface area contributed by atoms with E-state index in [1.54, 1.807) is 18.2 Å². The average Bonchev–Trinajstić information content (AvgIpc) is 2.64. The summed E-state index contributed by atoms with van der Waals surface area (Å²) in [5, 5.41) is 5.58. The lowest BCUT2D eigenvalue weighted by Crippen LogP contribution is -2.13. The number of hydrogen-bond donors (Lipinski definition) is 2. The Hall–Kier alpha value is -3.28. The van der Waals surface area contributed by atoms with Gasteiger partial charge in [0.15, 0.2) is 0 Å². The molecule has 3 aromatic rings. The number of amides is 1. The first kappa shape index (κ1) is 17.5. The maximum absolute atomic E-state index is 13.6. The zero-order valence-electron chi connectivity index (χ0n) is 14.5. The Morgan fingerprint density at radius 3 is 2.27 bits per heavy atom. The summed E-state index contributed by atoms with van der Waals surface area (Å²) in [5.74, 6) is -0.0573. The summed E-state index contributed by atoms with van der Waals surface area (Å²) in [5.41, 5.74) is 2.50. The SMILES string of the molecule is CC(C)c1ccc(NC(=O)c2cnc(Nc3ccccc3F)nc2)cc1. The second-order valence-corrected chi connectivity index (χ2v) is 6.13. The van der Waals surface area contributed by atoms with Crippen molar-refractivity contribution in [1.82, 2.24) is 9.97 Å². The molecule has 3 rings (SSSR count). The van der Waals surface area contributed by atoms with E-state index in [4.69, 9.17) is 0 Å². The van der Waals surface area contributed by atoms with Crippen LogP contribution in [0.5, 0.6) is 0 Å². The van der Waals surface area contributed by atoms with E-state index in [0.717, 1.165) is 0 Å². The van der Waals surface area contributed by atoms with Crippen molar-refractivity contribution >= 4 is 23.2 Å². The quantitative estimate of drug-likeness (QED) is 0.698. The van der Waals surface area contributed by atoms with E-state index in [1.165, 1.54) is 24.0 Å². The van der Waals surface area contributed by atoms with Gasteiger partial charge in [0.05, 0.1) is 11.3 Å². The first-order valence-corrected chi connectivity index (χ1v) is 8.28. The number of para-hydroxylation sites is 1. The largest absolute Gasteiger partial charge is 0.322 e. The van der Waals surface area contributed by atoms with E-state index in [9.17, 15) is 9.18 Å². The molecule has 1 aromatic heterocycles. The molecule has 0 atom stereocenters. The fraction of sp³-hybridized carbons (Fsp3) is 0.150. The van der Waals surface area contributed by atoms with Gasteiger partial charge in [0.25, 0.3) is 5.91 Å². The monoisotopic (exact) mass is 350 g/mol. The Balaban J connectivity index is 1.66. The second-order valence-electron chi connectivity index (χ2n) is 6.13. The topological polar surface area (TPSA) is 66.9 Å². The lowest BCUT2D eigenvalue weighted by molar-refractivity contribution is 0.102. The maximum Gasteiger partial charge on any atom is 0.258 e. The summed E-state index contributed by atoms with van der Waals surface area (Å²) in [6.45, 7) is 4.23. The predicted octanol–water partition coefficient (Wildman–Crippen LogP) is 4.74. The highest BCUT2D eigenvalue weighted by Gasteiger charge is 2.09. The van der Waals surface area contributed by atoms with E-state index >= 15 is 0 Å². The molecule has 0 bridgehead atoms. The smallest absolute Gasteiger partial charge is 0.258 e. The van der Waals surface area contributed by atoms with Crippen LogP contribution < -0.4 is 10.6 Å². The first-order valence-electron chi connectivity index (χ1n) is 8.28. The van der Waals surface area contributed by atoms with Crippen LogP contribution in [0.2, 0.25) is 0 Å². The number of aromatic nitrogens is 2. The predicted molar refractivity (Wildman–Crippen MR) is 100 cm³/mol. The number of halogens is 1. The molecule has 0 saturated carbocycles. The van der Waals surface area contributed by atoms with Crippen LogP contribution >= 0.6 is 0 Å². The number of hydrogen-bond acceptors (Lipinski definition) is 4. The zero-order chi connectivity index (χ0) is 18.5. The van der Waals surface area contributed by atoms with Crippen LogP contribution in [0.3, 0.4) is 0 Å². The van der Waals surface area contributed by atoms with E-state index in [0.29, 0.717) is 17.2 Å². The standard InChI is InChI=1S/C20H19FN4O/c1-13(2)14-7-9-16(10-8-14)24-19(26)15-11-22-20(23-12-15)25-18-6-4-3-5-17(18)21/h3-13H,1-2H3,(H,24,26)(H,22,23,25). The van der Waals surface area contributed by atoms with Gasteiger partial charge in [-0.1, -0.05) is 38.1 Å². The van der Waals surface area contributed by atoms with Crippen molar-refractivity contribution in [2.24, 2.45) is 0 Å². The molecule has 0 fully saturated rings. The minimum Gasteiger partial charge on any atom is -0.322 e. The lowest BCUT2D eigenvalue weighted by atomic mass is 10.0. The number of carbonyl (C=O) groups excluding carboxylic acids is 1. The number of rotatable bonds is 5. The highest BCUT2D eigenvalue weighted by Crippen LogP contribution is 2.18. The molecule has 0 aliphatic heterocycles. The molecule has 0 unspecified atom stereocenters. The molecule has 0 aliphatic rings. The summed E-state index contributed by atoms with van der Waals surface area (Å²) in [6.07, 6.45) is 2.79. The molecule has 2 N–H and O–H groups in total. The molecule has 2 aromatic carbocycles. The van der Waals surface area contributed by atoms with Crippen LogP contribution in [0, 0.1) is 5.82 Å². The van der Waals surface area contributed by atoms with Gasteiger partial charge in [0.1, 0.15) is 5.82 Å². The summed E-state index contributed by atoms with van der Waals surface area (Å²) in [7, 11) is 0. The third-order valence-corrected chi connectivity index (χ3v) is 3.87. The number of nitrogens with one attached hydrogen (secondary N) is 2. The highest BCUT2D eigenvalue weighted by molar-refractivity contribution is 6.03. The number of nitrogens with zero attached hydrogens (tertiary/aromatic N) is 2. The normalized spacial score (nSPS) is 10.6. The molecule has 0 saturated heterocycles. The van der Waals surface area contributed by atoms with Gasteiger partial charge in [-0.15, -0.1) is 0 Å². The second kappa shape index (κ2) is 7.74. The van der Waals surface area contributed by atoms with Crippen molar-refractivity contribution in [2.75, 3.05) is 10.6 Å². The van der Waals surface area contributed by atoms with Crippen LogP contribution in [0.15, 0.2) is 60.9 Å². The highest BCUT2D eigenvalue weighted by atomic mass is 19.1. The summed E-state index contributed by atoms with van der Waals surface area (Å²) < 4.78 is 13.6. The molecule has 0 radical (unpaired) electrons. The third kappa shape index (κ3) is 4.22. The van der Waals surface area contributed by atoms with Gasteiger partial charge >= 0.3 is 0 Å². The van der Waals surface area contributed by atoms with Crippen molar-refractivity contribution in [1.29, 1.82) is 0 Å². The van der Waals surface area contributed by atoms with Gasteiger partial charge in [0, 0.05) is 18.1 Å². The fourth-order valence-corrected chi connectivity index (χ4v) is 2.35. The molecule has 132 valence electrons. The van der Waals surface area contributed by atoms with Gasteiger partial charge in [-0.3, -0.25) is 4.79 Å². The van der Waals surface area contributed by atoms with E-state index in [1.807, 2.05) is 24.3 Å². The Labute approximate surface area is 151 Å². The van der Waals surface area contributed by atoms with Gasteiger partial charge in [0.2, 0.25) is 5.95 Å². The van der Waals surface area contributed by atoms with Crippen molar-refractivity contribution in [3.63, 3.8) is 0 Å².